The zero-order valence-electron chi connectivity index (χ0n) is 18.4. The van der Waals surface area contributed by atoms with Gasteiger partial charge in [-0.3, -0.25) is 9.59 Å². The number of ether oxygens (including phenoxy) is 2. The molecule has 158 valence electrons. The lowest BCUT2D eigenvalue weighted by Crippen LogP contribution is -2.50. The first-order valence-electron chi connectivity index (χ1n) is 10.7. The molecule has 0 saturated heterocycles. The quantitative estimate of drug-likeness (QED) is 0.418. The van der Waals surface area contributed by atoms with Crippen LogP contribution in [0.3, 0.4) is 0 Å². The largest absolute Gasteiger partial charge is 0.466 e. The predicted octanol–water partition coefficient (Wildman–Crippen LogP) is 5.62. The topological polar surface area (TPSA) is 52.6 Å². The molecular formula is C24H38O4. The van der Waals surface area contributed by atoms with E-state index in [4.69, 9.17) is 9.47 Å². The van der Waals surface area contributed by atoms with Crippen LogP contribution in [-0.4, -0.2) is 25.2 Å². The zero-order chi connectivity index (χ0) is 20.9. The molecule has 0 radical (unpaired) electrons. The second kappa shape index (κ2) is 9.28. The predicted molar refractivity (Wildman–Crippen MR) is 112 cm³/mol. The number of esters is 2. The van der Waals surface area contributed by atoms with Gasteiger partial charge in [-0.15, -0.1) is 0 Å². The smallest absolute Gasteiger partial charge is 0.302 e. The van der Waals surface area contributed by atoms with Crippen LogP contribution >= 0.6 is 0 Å². The van der Waals surface area contributed by atoms with Gasteiger partial charge in [0.05, 0.1) is 6.61 Å². The second-order valence-electron chi connectivity index (χ2n) is 9.35. The molecule has 0 heterocycles. The van der Waals surface area contributed by atoms with Crippen LogP contribution < -0.4 is 0 Å². The number of hydrogen-bond donors (Lipinski definition) is 0. The highest BCUT2D eigenvalue weighted by Gasteiger charge is 2.53. The van der Waals surface area contributed by atoms with Crippen molar-refractivity contribution < 1.29 is 19.1 Å². The first kappa shape index (κ1) is 22.7. The van der Waals surface area contributed by atoms with Gasteiger partial charge in [0.15, 0.2) is 0 Å². The lowest BCUT2D eigenvalue weighted by molar-refractivity contribution is -0.142. The molecule has 0 spiro atoms. The Morgan fingerprint density at radius 2 is 1.86 bits per heavy atom. The maximum atomic E-state index is 11.3. The molecule has 2 saturated carbocycles. The maximum absolute atomic E-state index is 11.3. The lowest BCUT2D eigenvalue weighted by atomic mass is 9.46. The van der Waals surface area contributed by atoms with Crippen LogP contribution in [0.4, 0.5) is 0 Å². The summed E-state index contributed by atoms with van der Waals surface area (Å²) in [7, 11) is 0. The van der Waals surface area contributed by atoms with Crippen molar-refractivity contribution >= 4 is 11.9 Å². The average Bonchev–Trinajstić information content (AvgIpc) is 2.62. The number of carbonyl (C=O) groups is 2. The van der Waals surface area contributed by atoms with Gasteiger partial charge in [0.2, 0.25) is 0 Å². The first-order valence-corrected chi connectivity index (χ1v) is 10.7. The molecule has 4 heteroatoms. The summed E-state index contributed by atoms with van der Waals surface area (Å²) in [4.78, 5) is 22.4. The van der Waals surface area contributed by atoms with E-state index in [1.807, 2.05) is 0 Å². The van der Waals surface area contributed by atoms with E-state index in [2.05, 4.69) is 33.4 Å². The van der Waals surface area contributed by atoms with Gasteiger partial charge in [-0.05, 0) is 66.8 Å². The summed E-state index contributed by atoms with van der Waals surface area (Å²) in [6.45, 7) is 15.1. The Bertz CT molecular complexity index is 635. The summed E-state index contributed by atoms with van der Waals surface area (Å²) in [5, 5.41) is 0. The van der Waals surface area contributed by atoms with E-state index in [1.54, 1.807) is 0 Å². The summed E-state index contributed by atoms with van der Waals surface area (Å²) < 4.78 is 10.3. The molecule has 0 aromatic rings. The van der Waals surface area contributed by atoms with E-state index in [1.165, 1.54) is 45.1 Å². The van der Waals surface area contributed by atoms with Crippen molar-refractivity contribution in [2.75, 3.05) is 13.2 Å². The number of carbonyl (C=O) groups excluding carboxylic acids is 2. The molecule has 0 aromatic heterocycles. The third-order valence-electron chi connectivity index (χ3n) is 7.59. The molecule has 0 aromatic carbocycles. The van der Waals surface area contributed by atoms with E-state index >= 15 is 0 Å². The molecule has 2 fully saturated rings. The van der Waals surface area contributed by atoms with Gasteiger partial charge >= 0.3 is 11.9 Å². The first-order chi connectivity index (χ1) is 13.1. The number of fused-ring (bicyclic) bond motifs is 1. The molecule has 2 aliphatic carbocycles. The fourth-order valence-corrected chi connectivity index (χ4v) is 5.43. The normalized spacial score (nSPS) is 33.2. The van der Waals surface area contributed by atoms with Gasteiger partial charge in [0.25, 0.3) is 0 Å². The molecule has 2 aliphatic rings. The van der Waals surface area contributed by atoms with E-state index in [-0.39, 0.29) is 29.4 Å². The Morgan fingerprint density at radius 3 is 2.50 bits per heavy atom. The highest BCUT2D eigenvalue weighted by Crippen LogP contribution is 2.62. The van der Waals surface area contributed by atoms with Crippen molar-refractivity contribution in [1.82, 2.24) is 0 Å². The fourth-order valence-electron chi connectivity index (χ4n) is 5.43. The van der Waals surface area contributed by atoms with Crippen LogP contribution in [0.15, 0.2) is 23.8 Å². The van der Waals surface area contributed by atoms with Crippen LogP contribution in [0.5, 0.6) is 0 Å². The minimum Gasteiger partial charge on any atom is -0.466 e. The van der Waals surface area contributed by atoms with Crippen LogP contribution in [0.2, 0.25) is 0 Å². The Morgan fingerprint density at radius 1 is 1.18 bits per heavy atom. The summed E-state index contributed by atoms with van der Waals surface area (Å²) in [6, 6.07) is 0. The molecule has 0 bridgehead atoms. The molecule has 4 atom stereocenters. The summed E-state index contributed by atoms with van der Waals surface area (Å²) >= 11 is 0. The van der Waals surface area contributed by atoms with Crippen LogP contribution in [0.25, 0.3) is 0 Å². The SMILES string of the molecule is C=C1CCCC2C1(C)CCC(C)C2(C)CC=C(CCOC(C)=O)COC(C)=O. The number of rotatable bonds is 7. The Balaban J connectivity index is 2.19. The fraction of sp³-hybridized carbons (Fsp3) is 0.750. The third-order valence-corrected chi connectivity index (χ3v) is 7.59. The van der Waals surface area contributed by atoms with Gasteiger partial charge in [-0.1, -0.05) is 39.0 Å². The second-order valence-corrected chi connectivity index (χ2v) is 9.35. The average molecular weight is 391 g/mol. The van der Waals surface area contributed by atoms with E-state index in [0.29, 0.717) is 24.9 Å². The maximum Gasteiger partial charge on any atom is 0.302 e. The number of allylic oxidation sites excluding steroid dienone is 2. The van der Waals surface area contributed by atoms with Gasteiger partial charge in [0, 0.05) is 20.3 Å². The summed E-state index contributed by atoms with van der Waals surface area (Å²) in [5.74, 6) is 0.698. The van der Waals surface area contributed by atoms with Crippen molar-refractivity contribution in [1.29, 1.82) is 0 Å². The van der Waals surface area contributed by atoms with E-state index in [9.17, 15) is 9.59 Å². The van der Waals surface area contributed by atoms with E-state index < -0.39 is 0 Å². The van der Waals surface area contributed by atoms with Crippen LogP contribution in [0.1, 0.15) is 79.6 Å². The Kier molecular flexibility index (Phi) is 7.52. The molecule has 4 unspecified atom stereocenters. The Labute approximate surface area is 170 Å². The summed E-state index contributed by atoms with van der Waals surface area (Å²) in [5.41, 5.74) is 2.90. The lowest BCUT2D eigenvalue weighted by Gasteiger charge is -2.58. The highest BCUT2D eigenvalue weighted by molar-refractivity contribution is 5.66. The third kappa shape index (κ3) is 5.07. The van der Waals surface area contributed by atoms with Crippen molar-refractivity contribution in [2.24, 2.45) is 22.7 Å². The molecule has 2 rings (SSSR count). The minimum atomic E-state index is -0.285. The monoisotopic (exact) mass is 390 g/mol. The van der Waals surface area contributed by atoms with Crippen molar-refractivity contribution in [3.8, 4) is 0 Å². The molecule has 0 amide bonds. The van der Waals surface area contributed by atoms with Crippen LogP contribution in [0, 0.1) is 22.7 Å². The van der Waals surface area contributed by atoms with Crippen molar-refractivity contribution in [3.05, 3.63) is 23.8 Å². The standard InChI is InChI=1S/C24H38O4/c1-17-8-7-9-22-23(17,5)13-10-18(2)24(22,6)14-11-21(16-28-20(4)26)12-15-27-19(3)25/h11,18,22H,1,7-10,12-16H2,2-6H3. The van der Waals surface area contributed by atoms with Crippen molar-refractivity contribution in [3.63, 3.8) is 0 Å². The molecule has 4 nitrogen and oxygen atoms in total. The van der Waals surface area contributed by atoms with Crippen LogP contribution in [-0.2, 0) is 19.1 Å². The van der Waals surface area contributed by atoms with Gasteiger partial charge in [0.1, 0.15) is 6.61 Å². The molecular weight excluding hydrogens is 352 g/mol. The van der Waals surface area contributed by atoms with Gasteiger partial charge < -0.3 is 9.47 Å². The van der Waals surface area contributed by atoms with E-state index in [0.717, 1.165) is 18.4 Å². The van der Waals surface area contributed by atoms with Gasteiger partial charge in [-0.25, -0.2) is 0 Å². The van der Waals surface area contributed by atoms with Crippen molar-refractivity contribution in [2.45, 2.75) is 79.6 Å². The number of hydrogen-bond acceptors (Lipinski definition) is 4. The minimum absolute atomic E-state index is 0.194. The Hall–Kier alpha value is -1.58. The summed E-state index contributed by atoms with van der Waals surface area (Å²) in [6.07, 6.45) is 9.92. The molecule has 0 aliphatic heterocycles. The zero-order valence-corrected chi connectivity index (χ0v) is 18.4. The highest BCUT2D eigenvalue weighted by atomic mass is 16.5. The molecule has 28 heavy (non-hydrogen) atoms. The van der Waals surface area contributed by atoms with Gasteiger partial charge in [-0.2, -0.15) is 0 Å². The molecule has 0 N–H and O–H groups in total.